The highest BCUT2D eigenvalue weighted by Gasteiger charge is 2.21. The van der Waals surface area contributed by atoms with Crippen molar-refractivity contribution in [1.82, 2.24) is 0 Å². The molecule has 226 valence electrons. The molecule has 0 spiro atoms. The number of aromatic hydroxyl groups is 3. The van der Waals surface area contributed by atoms with Crippen molar-refractivity contribution < 1.29 is 30.0 Å². The lowest BCUT2D eigenvalue weighted by atomic mass is 9.95. The molecule has 0 aliphatic rings. The lowest BCUT2D eigenvalue weighted by Crippen LogP contribution is -2.05. The first-order valence-electron chi connectivity index (χ1n) is 14.6. The number of phenolic OH excluding ortho intramolecular Hbond substituents is 3. The van der Waals surface area contributed by atoms with Gasteiger partial charge in [-0.25, -0.2) is 0 Å². The van der Waals surface area contributed by atoms with Gasteiger partial charge >= 0.3 is 5.97 Å². The first-order chi connectivity index (χ1) is 20.9. The lowest BCUT2D eigenvalue weighted by Gasteiger charge is -2.10. The second-order valence-corrected chi connectivity index (χ2v) is 9.75. The Bertz CT molecular complexity index is 1330. The largest absolute Gasteiger partial charge is 0.508 e. The van der Waals surface area contributed by atoms with Crippen LogP contribution in [-0.4, -0.2) is 32.2 Å². The van der Waals surface area contributed by atoms with E-state index in [4.69, 9.17) is 5.11 Å². The van der Waals surface area contributed by atoms with Gasteiger partial charge in [-0.2, -0.15) is 0 Å². The predicted molar refractivity (Wildman–Crippen MR) is 174 cm³/mol. The normalized spacial score (nSPS) is 12.7. The number of hydrogen-bond acceptors (Lipinski definition) is 5. The molecule has 0 saturated heterocycles. The Hall–Kier alpha value is -4.84. The summed E-state index contributed by atoms with van der Waals surface area (Å²) in [6, 6.07) is 11.5. The molecule has 0 aromatic heterocycles. The topological polar surface area (TPSA) is 115 Å². The summed E-state index contributed by atoms with van der Waals surface area (Å²) in [6.07, 6.45) is 32.6. The molecule has 0 fully saturated rings. The number of phenols is 3. The van der Waals surface area contributed by atoms with E-state index in [-0.39, 0.29) is 17.7 Å². The van der Waals surface area contributed by atoms with Crippen molar-refractivity contribution in [2.24, 2.45) is 0 Å². The van der Waals surface area contributed by atoms with Crippen molar-refractivity contribution in [3.8, 4) is 17.2 Å². The van der Waals surface area contributed by atoms with Crippen molar-refractivity contribution in [3.63, 3.8) is 0 Å². The van der Waals surface area contributed by atoms with Crippen LogP contribution in [0.15, 0.2) is 121 Å². The number of ketones is 1. The van der Waals surface area contributed by atoms with E-state index in [0.717, 1.165) is 49.8 Å². The van der Waals surface area contributed by atoms with Gasteiger partial charge in [-0.3, -0.25) is 9.59 Å². The van der Waals surface area contributed by atoms with Crippen LogP contribution in [0.1, 0.15) is 73.7 Å². The zero-order chi connectivity index (χ0) is 31.1. The van der Waals surface area contributed by atoms with Crippen LogP contribution in [0, 0.1) is 0 Å². The fourth-order valence-electron chi connectivity index (χ4n) is 4.03. The van der Waals surface area contributed by atoms with Crippen LogP contribution in [0.25, 0.3) is 6.08 Å². The number of carbonyl (C=O) groups excluding carboxylic acids is 1. The summed E-state index contributed by atoms with van der Waals surface area (Å²) in [4.78, 5) is 23.6. The highest BCUT2D eigenvalue weighted by molar-refractivity contribution is 6.14. The third-order valence-electron chi connectivity index (χ3n) is 6.21. The van der Waals surface area contributed by atoms with Gasteiger partial charge < -0.3 is 20.4 Å². The summed E-state index contributed by atoms with van der Waals surface area (Å²) in [5.74, 6) is -2.49. The fourth-order valence-corrected chi connectivity index (χ4v) is 4.03. The third kappa shape index (κ3) is 15.1. The maximum absolute atomic E-state index is 13.2. The third-order valence-corrected chi connectivity index (χ3v) is 6.21. The second-order valence-electron chi connectivity index (χ2n) is 9.75. The number of carboxylic acid groups (broad SMARTS) is 1. The van der Waals surface area contributed by atoms with Gasteiger partial charge in [-0.1, -0.05) is 103 Å². The van der Waals surface area contributed by atoms with Crippen molar-refractivity contribution in [3.05, 3.63) is 132 Å². The van der Waals surface area contributed by atoms with Crippen LogP contribution in [0.5, 0.6) is 17.2 Å². The molecule has 0 aliphatic heterocycles. The highest BCUT2D eigenvalue weighted by Crippen LogP contribution is 2.34. The molecule has 0 unspecified atom stereocenters. The number of benzene rings is 2. The van der Waals surface area contributed by atoms with E-state index in [1.807, 2.05) is 54.6 Å². The van der Waals surface area contributed by atoms with E-state index < -0.39 is 23.3 Å². The summed E-state index contributed by atoms with van der Waals surface area (Å²) in [5.41, 5.74) is 1.06. The van der Waals surface area contributed by atoms with Gasteiger partial charge in [-0.05, 0) is 63.0 Å². The van der Waals surface area contributed by atoms with Crippen LogP contribution in [0.4, 0.5) is 0 Å². The van der Waals surface area contributed by atoms with E-state index in [0.29, 0.717) is 24.8 Å². The zero-order valence-electron chi connectivity index (χ0n) is 24.5. The number of aliphatic carboxylic acids is 1. The molecule has 0 atom stereocenters. The molecule has 43 heavy (non-hydrogen) atoms. The van der Waals surface area contributed by atoms with Crippen LogP contribution in [-0.2, 0) is 4.79 Å². The van der Waals surface area contributed by atoms with Gasteiger partial charge in [0.1, 0.15) is 22.8 Å². The van der Waals surface area contributed by atoms with Crippen LogP contribution in [0.2, 0.25) is 0 Å². The molecule has 0 radical (unpaired) electrons. The highest BCUT2D eigenvalue weighted by atomic mass is 16.4. The molecule has 0 bridgehead atoms. The van der Waals surface area contributed by atoms with Crippen molar-refractivity contribution in [2.75, 3.05) is 0 Å². The Morgan fingerprint density at radius 1 is 0.581 bits per heavy atom. The van der Waals surface area contributed by atoms with Crippen LogP contribution in [0.3, 0.4) is 0 Å². The summed E-state index contributed by atoms with van der Waals surface area (Å²) in [6.45, 7) is 0. The first-order valence-corrected chi connectivity index (χ1v) is 14.6. The number of allylic oxidation sites excluding steroid dienone is 13. The molecule has 2 aromatic carbocycles. The van der Waals surface area contributed by atoms with Gasteiger partial charge in [0.2, 0.25) is 0 Å². The van der Waals surface area contributed by atoms with Gasteiger partial charge in [-0.15, -0.1) is 0 Å². The average molecular weight is 583 g/mol. The maximum atomic E-state index is 13.2. The Labute approximate surface area is 254 Å². The number of Topliss-reactive ketones (excluding diaryl/α,β-unsaturated/α-hetero) is 1. The first kappa shape index (κ1) is 34.4. The molecule has 4 N–H and O–H groups in total. The smallest absolute Gasteiger partial charge is 0.303 e. The Morgan fingerprint density at radius 3 is 1.44 bits per heavy atom. The molecule has 0 saturated carbocycles. The fraction of sp³-hybridized carbons (Fsp3) is 0.243. The number of hydrogen-bond donors (Lipinski definition) is 4. The molecule has 2 aromatic rings. The van der Waals surface area contributed by atoms with Crippen molar-refractivity contribution >= 4 is 17.8 Å². The van der Waals surface area contributed by atoms with E-state index in [1.165, 1.54) is 0 Å². The average Bonchev–Trinajstić information content (AvgIpc) is 2.97. The number of rotatable bonds is 19. The monoisotopic (exact) mass is 582 g/mol. The SMILES string of the molecule is O=C(O)CC/C=C\C/C=C\C/C=C\C/C=C\C/C=C\C/C=C\CC/C(=C\c1ccccc1)C(=O)c1c(O)cc(O)cc1O. The summed E-state index contributed by atoms with van der Waals surface area (Å²) < 4.78 is 0. The van der Waals surface area contributed by atoms with Crippen molar-refractivity contribution in [2.45, 2.75) is 57.8 Å². The maximum Gasteiger partial charge on any atom is 0.303 e. The molecule has 2 rings (SSSR count). The number of carboxylic acids is 1. The molecule has 6 nitrogen and oxygen atoms in total. The minimum absolute atomic E-state index is 0.175. The second kappa shape index (κ2) is 20.9. The van der Waals surface area contributed by atoms with Crippen molar-refractivity contribution in [1.29, 1.82) is 0 Å². The zero-order valence-corrected chi connectivity index (χ0v) is 24.5. The Morgan fingerprint density at radius 2 is 1.00 bits per heavy atom. The minimum Gasteiger partial charge on any atom is -0.508 e. The van der Waals surface area contributed by atoms with Gasteiger partial charge in [0.15, 0.2) is 5.78 Å². The molecular formula is C37H42O6. The molecule has 0 heterocycles. The van der Waals surface area contributed by atoms with E-state index in [9.17, 15) is 24.9 Å². The summed E-state index contributed by atoms with van der Waals surface area (Å²) in [7, 11) is 0. The molecule has 6 heteroatoms. The number of carbonyl (C=O) groups is 2. The van der Waals surface area contributed by atoms with Gasteiger partial charge in [0.05, 0.1) is 0 Å². The van der Waals surface area contributed by atoms with Crippen LogP contribution >= 0.6 is 0 Å². The van der Waals surface area contributed by atoms with Crippen LogP contribution < -0.4 is 0 Å². The standard InChI is InChI=1S/C37H42O6/c38-32-28-33(39)36(34(40)29-32)37(43)31(27-30-23-19-18-20-24-30)25-21-16-14-12-10-8-6-4-2-1-3-5-7-9-11-13-15-17-22-26-35(41)42/h2-5,8-11,14-20,23-24,27-29,38-40H,1,6-7,12-13,21-22,25-26H2,(H,41,42)/b4-2-,5-3-,10-8-,11-9-,16-14-,17-15-,31-27+. The molecule has 0 aliphatic carbocycles. The van der Waals surface area contributed by atoms with Gasteiger partial charge in [0.25, 0.3) is 0 Å². The van der Waals surface area contributed by atoms with E-state index >= 15 is 0 Å². The molecular weight excluding hydrogens is 540 g/mol. The molecule has 0 amide bonds. The lowest BCUT2D eigenvalue weighted by molar-refractivity contribution is -0.136. The van der Waals surface area contributed by atoms with E-state index in [1.54, 1.807) is 6.08 Å². The Kier molecular flexibility index (Phi) is 16.7. The summed E-state index contributed by atoms with van der Waals surface area (Å²) >= 11 is 0. The summed E-state index contributed by atoms with van der Waals surface area (Å²) in [5, 5.41) is 38.6. The van der Waals surface area contributed by atoms with Gasteiger partial charge in [0, 0.05) is 24.1 Å². The quantitative estimate of drug-likeness (QED) is 0.0746. The van der Waals surface area contributed by atoms with E-state index in [2.05, 4.69) is 48.6 Å². The Balaban J connectivity index is 1.71. The minimum atomic E-state index is -0.770. The predicted octanol–water partition coefficient (Wildman–Crippen LogP) is 9.00.